The molecule has 0 aromatic heterocycles. The SMILES string of the molecule is O=C(COCC1CCCCC1)c1ccc2c(c1)CCC2. The van der Waals surface area contributed by atoms with E-state index in [9.17, 15) is 4.79 Å². The van der Waals surface area contributed by atoms with E-state index in [1.165, 1.54) is 56.1 Å². The molecule has 0 heterocycles. The van der Waals surface area contributed by atoms with Crippen molar-refractivity contribution in [1.82, 2.24) is 0 Å². The molecule has 0 amide bonds. The fourth-order valence-corrected chi connectivity index (χ4v) is 3.50. The zero-order valence-electron chi connectivity index (χ0n) is 12.2. The molecule has 3 rings (SSSR count). The molecule has 1 aromatic rings. The van der Waals surface area contributed by atoms with Crippen molar-refractivity contribution in [2.24, 2.45) is 5.92 Å². The Labute approximate surface area is 121 Å². The molecule has 2 heteroatoms. The Morgan fingerprint density at radius 2 is 1.85 bits per heavy atom. The highest BCUT2D eigenvalue weighted by Crippen LogP contribution is 2.24. The molecule has 1 fully saturated rings. The molecule has 20 heavy (non-hydrogen) atoms. The number of carbonyl (C=O) groups excluding carboxylic acids is 1. The minimum atomic E-state index is 0.135. The highest BCUT2D eigenvalue weighted by molar-refractivity contribution is 5.97. The summed E-state index contributed by atoms with van der Waals surface area (Å²) in [5, 5.41) is 0. The summed E-state index contributed by atoms with van der Waals surface area (Å²) in [7, 11) is 0. The zero-order chi connectivity index (χ0) is 13.8. The van der Waals surface area contributed by atoms with Crippen LogP contribution < -0.4 is 0 Å². The molecule has 0 radical (unpaired) electrons. The van der Waals surface area contributed by atoms with Crippen molar-refractivity contribution in [2.75, 3.05) is 13.2 Å². The molecule has 1 aromatic carbocycles. The van der Waals surface area contributed by atoms with E-state index >= 15 is 0 Å². The number of benzene rings is 1. The number of Topliss-reactive ketones (excluding diaryl/α,β-unsaturated/α-hetero) is 1. The topological polar surface area (TPSA) is 26.3 Å². The maximum Gasteiger partial charge on any atom is 0.188 e. The first kappa shape index (κ1) is 13.8. The minimum absolute atomic E-state index is 0.135. The number of aryl methyl sites for hydroxylation is 2. The summed E-state index contributed by atoms with van der Waals surface area (Å²) >= 11 is 0. The standard InChI is InChI=1S/C18H24O2/c19-18(13-20-12-14-5-2-1-3-6-14)17-10-9-15-7-4-8-16(15)11-17/h9-11,14H,1-8,12-13H2. The van der Waals surface area contributed by atoms with Crippen LogP contribution in [0.25, 0.3) is 0 Å². The third-order valence-electron chi connectivity index (χ3n) is 4.73. The molecule has 2 aliphatic rings. The average Bonchev–Trinajstić information content (AvgIpc) is 2.95. The van der Waals surface area contributed by atoms with Crippen molar-refractivity contribution in [3.05, 3.63) is 34.9 Å². The lowest BCUT2D eigenvalue weighted by atomic mass is 9.90. The van der Waals surface area contributed by atoms with Gasteiger partial charge in [-0.1, -0.05) is 31.4 Å². The maximum atomic E-state index is 12.2. The first-order valence-electron chi connectivity index (χ1n) is 8.05. The lowest BCUT2D eigenvalue weighted by Crippen LogP contribution is -2.17. The number of rotatable bonds is 5. The Balaban J connectivity index is 1.49. The average molecular weight is 272 g/mol. The van der Waals surface area contributed by atoms with Crippen LogP contribution in [0.3, 0.4) is 0 Å². The summed E-state index contributed by atoms with van der Waals surface area (Å²) in [5.74, 6) is 0.812. The molecular weight excluding hydrogens is 248 g/mol. The van der Waals surface area contributed by atoms with E-state index in [4.69, 9.17) is 4.74 Å². The summed E-state index contributed by atoms with van der Waals surface area (Å²) in [6.45, 7) is 1.01. The lowest BCUT2D eigenvalue weighted by molar-refractivity contribution is 0.0628. The van der Waals surface area contributed by atoms with Gasteiger partial charge in [-0.05, 0) is 55.2 Å². The Kier molecular flexibility index (Phi) is 4.51. The van der Waals surface area contributed by atoms with Crippen molar-refractivity contribution in [2.45, 2.75) is 51.4 Å². The molecular formula is C18H24O2. The van der Waals surface area contributed by atoms with Crippen molar-refractivity contribution in [3.63, 3.8) is 0 Å². The van der Waals surface area contributed by atoms with E-state index in [1.807, 2.05) is 6.07 Å². The molecule has 2 nitrogen and oxygen atoms in total. The van der Waals surface area contributed by atoms with Crippen LogP contribution in [0.15, 0.2) is 18.2 Å². The van der Waals surface area contributed by atoms with E-state index in [0.717, 1.165) is 18.6 Å². The normalized spacial score (nSPS) is 19.0. The fourth-order valence-electron chi connectivity index (χ4n) is 3.50. The number of fused-ring (bicyclic) bond motifs is 1. The Bertz CT molecular complexity index is 472. The number of ketones is 1. The number of hydrogen-bond acceptors (Lipinski definition) is 2. The second kappa shape index (κ2) is 6.53. The number of hydrogen-bond donors (Lipinski definition) is 0. The predicted molar refractivity (Wildman–Crippen MR) is 80.2 cm³/mol. The van der Waals surface area contributed by atoms with Crippen LogP contribution in [-0.2, 0) is 17.6 Å². The summed E-state index contributed by atoms with van der Waals surface area (Å²) in [5.41, 5.74) is 3.61. The molecule has 0 saturated heterocycles. The maximum absolute atomic E-state index is 12.2. The lowest BCUT2D eigenvalue weighted by Gasteiger charge is -2.21. The highest BCUT2D eigenvalue weighted by Gasteiger charge is 2.16. The van der Waals surface area contributed by atoms with Crippen LogP contribution in [0.2, 0.25) is 0 Å². The van der Waals surface area contributed by atoms with Gasteiger partial charge in [0.05, 0.1) is 6.61 Å². The van der Waals surface area contributed by atoms with E-state index in [-0.39, 0.29) is 12.4 Å². The van der Waals surface area contributed by atoms with Crippen LogP contribution in [0, 0.1) is 5.92 Å². The van der Waals surface area contributed by atoms with Crippen molar-refractivity contribution in [3.8, 4) is 0 Å². The second-order valence-electron chi connectivity index (χ2n) is 6.28. The summed E-state index contributed by atoms with van der Waals surface area (Å²) in [4.78, 5) is 12.2. The van der Waals surface area contributed by atoms with Crippen LogP contribution >= 0.6 is 0 Å². The van der Waals surface area contributed by atoms with E-state index in [0.29, 0.717) is 5.92 Å². The van der Waals surface area contributed by atoms with Gasteiger partial charge in [-0.3, -0.25) is 4.79 Å². The number of carbonyl (C=O) groups is 1. The van der Waals surface area contributed by atoms with Crippen LogP contribution in [0.4, 0.5) is 0 Å². The third-order valence-corrected chi connectivity index (χ3v) is 4.73. The molecule has 0 aliphatic heterocycles. The highest BCUT2D eigenvalue weighted by atomic mass is 16.5. The van der Waals surface area contributed by atoms with E-state index in [1.54, 1.807) is 0 Å². The van der Waals surface area contributed by atoms with Gasteiger partial charge in [0.1, 0.15) is 6.61 Å². The monoisotopic (exact) mass is 272 g/mol. The van der Waals surface area contributed by atoms with Gasteiger partial charge in [0, 0.05) is 5.56 Å². The molecule has 0 N–H and O–H groups in total. The molecule has 0 unspecified atom stereocenters. The minimum Gasteiger partial charge on any atom is -0.373 e. The second-order valence-corrected chi connectivity index (χ2v) is 6.28. The Morgan fingerprint density at radius 1 is 1.05 bits per heavy atom. The molecule has 0 bridgehead atoms. The molecule has 108 valence electrons. The summed E-state index contributed by atoms with van der Waals surface area (Å²) in [6, 6.07) is 6.17. The zero-order valence-corrected chi connectivity index (χ0v) is 12.2. The Hall–Kier alpha value is -1.15. The number of ether oxygens (including phenoxy) is 1. The first-order chi connectivity index (χ1) is 9.83. The van der Waals surface area contributed by atoms with Gasteiger partial charge in [-0.15, -0.1) is 0 Å². The van der Waals surface area contributed by atoms with E-state index < -0.39 is 0 Å². The quantitative estimate of drug-likeness (QED) is 0.758. The predicted octanol–water partition coefficient (Wildman–Crippen LogP) is 3.95. The van der Waals surface area contributed by atoms with Gasteiger partial charge in [0.25, 0.3) is 0 Å². The Morgan fingerprint density at radius 3 is 2.70 bits per heavy atom. The molecule has 2 aliphatic carbocycles. The third kappa shape index (κ3) is 3.29. The molecule has 1 saturated carbocycles. The van der Waals surface area contributed by atoms with E-state index in [2.05, 4.69) is 12.1 Å². The van der Waals surface area contributed by atoms with Crippen LogP contribution in [0.1, 0.15) is 60.0 Å². The molecule has 0 spiro atoms. The van der Waals surface area contributed by atoms with Gasteiger partial charge < -0.3 is 4.74 Å². The largest absolute Gasteiger partial charge is 0.373 e. The van der Waals surface area contributed by atoms with Gasteiger partial charge in [0.15, 0.2) is 5.78 Å². The summed E-state index contributed by atoms with van der Waals surface area (Å²) in [6.07, 6.45) is 10.1. The van der Waals surface area contributed by atoms with Gasteiger partial charge in [0.2, 0.25) is 0 Å². The summed E-state index contributed by atoms with van der Waals surface area (Å²) < 4.78 is 5.66. The van der Waals surface area contributed by atoms with Crippen LogP contribution in [-0.4, -0.2) is 19.0 Å². The van der Waals surface area contributed by atoms with Crippen LogP contribution in [0.5, 0.6) is 0 Å². The van der Waals surface area contributed by atoms with Gasteiger partial charge in [-0.25, -0.2) is 0 Å². The molecule has 0 atom stereocenters. The fraction of sp³-hybridized carbons (Fsp3) is 0.611. The van der Waals surface area contributed by atoms with Gasteiger partial charge in [-0.2, -0.15) is 0 Å². The first-order valence-corrected chi connectivity index (χ1v) is 8.05. The van der Waals surface area contributed by atoms with Crippen molar-refractivity contribution >= 4 is 5.78 Å². The van der Waals surface area contributed by atoms with Crippen molar-refractivity contribution < 1.29 is 9.53 Å². The smallest absolute Gasteiger partial charge is 0.188 e. The van der Waals surface area contributed by atoms with Crippen molar-refractivity contribution in [1.29, 1.82) is 0 Å². The van der Waals surface area contributed by atoms with Gasteiger partial charge >= 0.3 is 0 Å².